The highest BCUT2D eigenvalue weighted by molar-refractivity contribution is 7.13. The maximum Gasteiger partial charge on any atom is 0.191 e. The van der Waals surface area contributed by atoms with E-state index in [-0.39, 0.29) is 0 Å². The van der Waals surface area contributed by atoms with Gasteiger partial charge in [0.1, 0.15) is 23.3 Å². The topological polar surface area (TPSA) is 95.2 Å². The Labute approximate surface area is 147 Å². The van der Waals surface area contributed by atoms with Crippen molar-refractivity contribution in [3.8, 4) is 22.5 Å². The number of nitrogens with one attached hydrogen (secondary N) is 2. The number of nitriles is 1. The van der Waals surface area contributed by atoms with Crippen LogP contribution in [0.15, 0.2) is 54.0 Å². The number of aromatic nitrogens is 5. The van der Waals surface area contributed by atoms with Crippen molar-refractivity contribution in [2.24, 2.45) is 0 Å². The molecule has 8 heteroatoms. The van der Waals surface area contributed by atoms with Crippen molar-refractivity contribution in [1.82, 2.24) is 25.0 Å². The van der Waals surface area contributed by atoms with Gasteiger partial charge in [-0.2, -0.15) is 15.5 Å². The van der Waals surface area contributed by atoms with E-state index in [1.165, 1.54) is 0 Å². The van der Waals surface area contributed by atoms with Crippen LogP contribution in [0, 0.1) is 11.3 Å². The van der Waals surface area contributed by atoms with Crippen LogP contribution in [0.25, 0.3) is 16.4 Å². The first-order valence-corrected chi connectivity index (χ1v) is 8.45. The number of nitrogens with zero attached hydrogens (tertiary/aromatic N) is 5. The number of hydrogen-bond acceptors (Lipinski definition) is 6. The molecule has 0 amide bonds. The van der Waals surface area contributed by atoms with Gasteiger partial charge < -0.3 is 5.32 Å². The molecule has 122 valence electrons. The lowest BCUT2D eigenvalue weighted by Crippen LogP contribution is -2.08. The molecule has 0 radical (unpaired) electrons. The Bertz CT molecular complexity index is 1010. The molecule has 0 aliphatic heterocycles. The maximum absolute atomic E-state index is 9.33. The third kappa shape index (κ3) is 3.00. The van der Waals surface area contributed by atoms with E-state index in [4.69, 9.17) is 0 Å². The van der Waals surface area contributed by atoms with Gasteiger partial charge in [-0.3, -0.25) is 5.10 Å². The minimum atomic E-state index is 0.408. The van der Waals surface area contributed by atoms with Crippen LogP contribution in [-0.2, 0) is 6.54 Å². The number of anilines is 1. The molecule has 0 unspecified atom stereocenters. The number of thiophene rings is 1. The Balaban J connectivity index is 1.57. The van der Waals surface area contributed by atoms with Gasteiger partial charge >= 0.3 is 0 Å². The van der Waals surface area contributed by atoms with E-state index in [2.05, 4.69) is 31.7 Å². The maximum atomic E-state index is 9.33. The Hall–Kier alpha value is -3.44. The van der Waals surface area contributed by atoms with Gasteiger partial charge in [-0.05, 0) is 23.6 Å². The van der Waals surface area contributed by atoms with E-state index in [1.54, 1.807) is 22.2 Å². The predicted molar refractivity (Wildman–Crippen MR) is 95.3 cm³/mol. The highest BCUT2D eigenvalue weighted by Crippen LogP contribution is 2.22. The highest BCUT2D eigenvalue weighted by Gasteiger charge is 2.13. The molecule has 3 heterocycles. The second-order valence-electron chi connectivity index (χ2n) is 5.20. The van der Waals surface area contributed by atoms with E-state index < -0.39 is 0 Å². The Kier molecular flexibility index (Phi) is 3.98. The zero-order chi connectivity index (χ0) is 17.1. The summed E-state index contributed by atoms with van der Waals surface area (Å²) in [5, 5.41) is 26.0. The second kappa shape index (κ2) is 6.59. The van der Waals surface area contributed by atoms with Crippen molar-refractivity contribution in [3.63, 3.8) is 0 Å². The zero-order valence-electron chi connectivity index (χ0n) is 13.0. The van der Waals surface area contributed by atoms with Gasteiger partial charge in [-0.25, -0.2) is 9.67 Å². The summed E-state index contributed by atoms with van der Waals surface area (Å²) in [5.41, 5.74) is 1.35. The van der Waals surface area contributed by atoms with Crippen molar-refractivity contribution in [3.05, 3.63) is 65.4 Å². The third-order valence-electron chi connectivity index (χ3n) is 3.59. The third-order valence-corrected chi connectivity index (χ3v) is 4.45. The molecule has 0 saturated carbocycles. The Morgan fingerprint density at radius 2 is 2.08 bits per heavy atom. The molecule has 4 rings (SSSR count). The molecule has 0 fully saturated rings. The van der Waals surface area contributed by atoms with Crippen LogP contribution in [0.1, 0.15) is 11.4 Å². The molecule has 0 saturated heterocycles. The lowest BCUT2D eigenvalue weighted by Gasteiger charge is -2.09. The number of hydrogen-bond donors (Lipinski definition) is 2. The van der Waals surface area contributed by atoms with Crippen LogP contribution >= 0.6 is 11.3 Å². The van der Waals surface area contributed by atoms with Crippen LogP contribution in [0.3, 0.4) is 0 Å². The monoisotopic (exact) mass is 347 g/mol. The van der Waals surface area contributed by atoms with Crippen molar-refractivity contribution >= 4 is 17.2 Å². The fraction of sp³-hybridized carbons (Fsp3) is 0.0588. The summed E-state index contributed by atoms with van der Waals surface area (Å²) in [5.74, 6) is 1.99. The molecule has 0 aliphatic carbocycles. The minimum absolute atomic E-state index is 0.408. The zero-order valence-corrected chi connectivity index (χ0v) is 13.9. The number of H-pyrrole nitrogens is 1. The molecule has 25 heavy (non-hydrogen) atoms. The molecule has 0 aliphatic rings. The molecule has 1 aromatic carbocycles. The number of para-hydroxylation sites is 1. The largest absolute Gasteiger partial charge is 0.362 e. The van der Waals surface area contributed by atoms with Crippen LogP contribution in [-0.4, -0.2) is 25.0 Å². The van der Waals surface area contributed by atoms with E-state index in [0.717, 1.165) is 10.6 Å². The molecular formula is C17H13N7S. The van der Waals surface area contributed by atoms with Gasteiger partial charge in [0.05, 0.1) is 23.3 Å². The molecule has 0 atom stereocenters. The van der Waals surface area contributed by atoms with Crippen molar-refractivity contribution in [2.75, 3.05) is 5.32 Å². The number of aromatic amines is 1. The number of rotatable bonds is 5. The van der Waals surface area contributed by atoms with Gasteiger partial charge in [0.2, 0.25) is 0 Å². The van der Waals surface area contributed by atoms with Crippen LogP contribution in [0.2, 0.25) is 0 Å². The first-order valence-electron chi connectivity index (χ1n) is 7.58. The Morgan fingerprint density at radius 3 is 2.84 bits per heavy atom. The standard InChI is InChI=1S/C17H13N7S/c18-9-12-10-20-24(13-5-2-1-3-6-13)17(12)19-11-15-21-16(23-22-15)14-7-4-8-25-14/h1-8,10,19H,11H2,(H,21,22,23). The molecule has 0 bridgehead atoms. The fourth-order valence-corrected chi connectivity index (χ4v) is 3.08. The number of benzene rings is 1. The molecule has 3 aromatic heterocycles. The summed E-state index contributed by atoms with van der Waals surface area (Å²) in [4.78, 5) is 5.49. The van der Waals surface area contributed by atoms with Gasteiger partial charge in [-0.1, -0.05) is 24.3 Å². The van der Waals surface area contributed by atoms with Gasteiger partial charge in [-0.15, -0.1) is 11.3 Å². The van der Waals surface area contributed by atoms with Crippen molar-refractivity contribution in [2.45, 2.75) is 6.54 Å². The smallest absolute Gasteiger partial charge is 0.191 e. The summed E-state index contributed by atoms with van der Waals surface area (Å²) in [7, 11) is 0. The lowest BCUT2D eigenvalue weighted by atomic mass is 10.3. The van der Waals surface area contributed by atoms with Gasteiger partial charge in [0.25, 0.3) is 0 Å². The van der Waals surface area contributed by atoms with E-state index in [9.17, 15) is 5.26 Å². The minimum Gasteiger partial charge on any atom is -0.362 e. The summed E-state index contributed by atoms with van der Waals surface area (Å²) in [6.07, 6.45) is 1.55. The predicted octanol–water partition coefficient (Wildman–Crippen LogP) is 3.20. The summed E-state index contributed by atoms with van der Waals surface area (Å²) >= 11 is 1.59. The molecule has 4 aromatic rings. The fourth-order valence-electron chi connectivity index (χ4n) is 2.42. The van der Waals surface area contributed by atoms with E-state index in [1.807, 2.05) is 47.8 Å². The van der Waals surface area contributed by atoms with Crippen molar-refractivity contribution < 1.29 is 0 Å². The van der Waals surface area contributed by atoms with Crippen LogP contribution in [0.4, 0.5) is 5.82 Å². The second-order valence-corrected chi connectivity index (χ2v) is 6.15. The summed E-state index contributed by atoms with van der Waals surface area (Å²) in [6, 6.07) is 15.8. The molecular weight excluding hydrogens is 334 g/mol. The van der Waals surface area contributed by atoms with Crippen LogP contribution in [0.5, 0.6) is 0 Å². The molecule has 7 nitrogen and oxygen atoms in total. The van der Waals surface area contributed by atoms with Crippen LogP contribution < -0.4 is 5.32 Å². The summed E-state index contributed by atoms with van der Waals surface area (Å²) < 4.78 is 1.70. The van der Waals surface area contributed by atoms with Crippen molar-refractivity contribution in [1.29, 1.82) is 5.26 Å². The summed E-state index contributed by atoms with van der Waals surface area (Å²) in [6.45, 7) is 0.408. The van der Waals surface area contributed by atoms with E-state index >= 15 is 0 Å². The van der Waals surface area contributed by atoms with Gasteiger partial charge in [0, 0.05) is 0 Å². The average molecular weight is 347 g/mol. The molecule has 0 spiro atoms. The highest BCUT2D eigenvalue weighted by atomic mass is 32.1. The first kappa shape index (κ1) is 15.1. The molecule has 2 N–H and O–H groups in total. The quantitative estimate of drug-likeness (QED) is 0.578. The lowest BCUT2D eigenvalue weighted by molar-refractivity contribution is 0.863. The Morgan fingerprint density at radius 1 is 1.20 bits per heavy atom. The van der Waals surface area contributed by atoms with Gasteiger partial charge in [0.15, 0.2) is 5.82 Å². The SMILES string of the molecule is N#Cc1cnn(-c2ccccc2)c1NCc1nc(-c2cccs2)n[nH]1. The van der Waals surface area contributed by atoms with E-state index in [0.29, 0.717) is 29.6 Å². The first-order chi connectivity index (χ1) is 12.3. The average Bonchev–Trinajstić information content (AvgIpc) is 3.39. The normalized spacial score (nSPS) is 10.5.